The Morgan fingerprint density at radius 3 is 2.21 bits per heavy atom. The van der Waals surface area contributed by atoms with Crippen LogP contribution in [0.25, 0.3) is 0 Å². The molecule has 1 aliphatic rings. The smallest absolute Gasteiger partial charge is 0.355 e. The van der Waals surface area contributed by atoms with Crippen molar-refractivity contribution in [2.45, 2.75) is 5.92 Å². The molecule has 1 atom stereocenters. The molecule has 1 unspecified atom stereocenters. The molecule has 0 saturated carbocycles. The van der Waals surface area contributed by atoms with Crippen LogP contribution in [-0.4, -0.2) is 31.9 Å². The van der Waals surface area contributed by atoms with Gasteiger partial charge in [-0.05, 0) is 35.9 Å². The molecule has 0 amide bonds. The number of rotatable bonds is 6. The van der Waals surface area contributed by atoms with Gasteiger partial charge in [-0.2, -0.15) is 5.26 Å². The van der Waals surface area contributed by atoms with Gasteiger partial charge < -0.3 is 15.2 Å². The van der Waals surface area contributed by atoms with Gasteiger partial charge in [-0.15, -0.1) is 0 Å². The third kappa shape index (κ3) is 4.85. The number of ether oxygens (including phenoxy) is 2. The molecule has 3 aromatic rings. The van der Waals surface area contributed by atoms with E-state index in [4.69, 9.17) is 26.8 Å². The first-order chi connectivity index (χ1) is 18.7. The Bertz CT molecular complexity index is 1590. The lowest BCUT2D eigenvalue weighted by Crippen LogP contribution is -2.41. The fraction of sp³-hybridized carbons (Fsp3) is 0.103. The van der Waals surface area contributed by atoms with Crippen LogP contribution in [0.3, 0.4) is 0 Å². The lowest BCUT2D eigenvalue weighted by atomic mass is 9.80. The maximum Gasteiger partial charge on any atom is 0.355 e. The highest BCUT2D eigenvalue weighted by Gasteiger charge is 2.43. The second-order valence-corrected chi connectivity index (χ2v) is 8.74. The van der Waals surface area contributed by atoms with E-state index in [1.807, 2.05) is 6.07 Å². The summed E-state index contributed by atoms with van der Waals surface area (Å²) >= 11 is 6.21. The molecule has 0 radical (unpaired) electrons. The van der Waals surface area contributed by atoms with Gasteiger partial charge in [0.25, 0.3) is 0 Å². The highest BCUT2D eigenvalue weighted by Crippen LogP contribution is 2.44. The highest BCUT2D eigenvalue weighted by atomic mass is 35.5. The average molecular weight is 546 g/mol. The second kappa shape index (κ2) is 11.2. The van der Waals surface area contributed by atoms with Crippen molar-refractivity contribution in [1.82, 2.24) is 0 Å². The van der Waals surface area contributed by atoms with Crippen LogP contribution in [0.5, 0.6) is 0 Å². The van der Waals surface area contributed by atoms with Gasteiger partial charge in [-0.1, -0.05) is 54.1 Å². The molecule has 0 spiro atoms. The average Bonchev–Trinajstić information content (AvgIpc) is 2.96. The minimum Gasteiger partial charge on any atom is -0.466 e. The topological polar surface area (TPSA) is 123 Å². The lowest BCUT2D eigenvalue weighted by molar-refractivity contribution is -0.139. The first kappa shape index (κ1) is 27.1. The van der Waals surface area contributed by atoms with Crippen molar-refractivity contribution in [3.8, 4) is 6.07 Å². The molecule has 39 heavy (non-hydrogen) atoms. The Kier molecular flexibility index (Phi) is 7.79. The van der Waals surface area contributed by atoms with Crippen LogP contribution in [0.4, 0.5) is 10.1 Å². The number of esters is 2. The number of allylic oxidation sites excluding steroid dienone is 1. The van der Waals surface area contributed by atoms with E-state index in [2.05, 4.69) is 0 Å². The summed E-state index contributed by atoms with van der Waals surface area (Å²) in [5, 5.41) is 10.3. The zero-order valence-electron chi connectivity index (χ0n) is 20.8. The Balaban J connectivity index is 2.09. The van der Waals surface area contributed by atoms with Gasteiger partial charge in [-0.25, -0.2) is 14.0 Å². The Hall–Kier alpha value is -4.94. The molecule has 0 aliphatic carbocycles. The van der Waals surface area contributed by atoms with Gasteiger partial charge in [0.15, 0.2) is 5.78 Å². The van der Waals surface area contributed by atoms with E-state index >= 15 is 0 Å². The SMILES string of the molecule is COC(=O)C1=C(C(=O)OC)N(c2ccc(Cl)cc2C(=O)c2ccccc2F)C(N)=C(C#N)C1c1ccccc1. The largest absolute Gasteiger partial charge is 0.466 e. The summed E-state index contributed by atoms with van der Waals surface area (Å²) in [5.74, 6) is -4.81. The van der Waals surface area contributed by atoms with E-state index in [1.165, 1.54) is 36.4 Å². The maximum absolute atomic E-state index is 14.6. The normalized spacial score (nSPS) is 15.1. The molecule has 1 aliphatic heterocycles. The molecule has 196 valence electrons. The lowest BCUT2D eigenvalue weighted by Gasteiger charge is -2.36. The number of nitrogens with two attached hydrogens (primary N) is 1. The van der Waals surface area contributed by atoms with Crippen LogP contribution in [0, 0.1) is 17.1 Å². The summed E-state index contributed by atoms with van der Waals surface area (Å²) in [7, 11) is 2.23. The van der Waals surface area contributed by atoms with E-state index in [0.29, 0.717) is 5.56 Å². The Morgan fingerprint density at radius 2 is 1.59 bits per heavy atom. The van der Waals surface area contributed by atoms with Crippen LogP contribution < -0.4 is 10.6 Å². The maximum atomic E-state index is 14.6. The van der Waals surface area contributed by atoms with Crippen molar-refractivity contribution in [3.05, 3.63) is 123 Å². The predicted octanol–water partition coefficient (Wildman–Crippen LogP) is 4.61. The predicted molar refractivity (Wildman–Crippen MR) is 141 cm³/mol. The van der Waals surface area contributed by atoms with Crippen molar-refractivity contribution >= 4 is 35.0 Å². The summed E-state index contributed by atoms with van der Waals surface area (Å²) in [6.07, 6.45) is 0. The zero-order chi connectivity index (χ0) is 28.3. The van der Waals surface area contributed by atoms with Gasteiger partial charge in [-0.3, -0.25) is 9.69 Å². The summed E-state index contributed by atoms with van der Waals surface area (Å²) in [5.41, 5.74) is 5.87. The van der Waals surface area contributed by atoms with Crippen LogP contribution in [0.1, 0.15) is 27.4 Å². The highest BCUT2D eigenvalue weighted by molar-refractivity contribution is 6.31. The zero-order valence-corrected chi connectivity index (χ0v) is 21.5. The molecule has 8 nitrogen and oxygen atoms in total. The number of methoxy groups -OCH3 is 2. The molecule has 0 aromatic heterocycles. The van der Waals surface area contributed by atoms with Crippen molar-refractivity contribution in [1.29, 1.82) is 5.26 Å². The number of carbonyl (C=O) groups is 3. The second-order valence-electron chi connectivity index (χ2n) is 8.31. The molecule has 4 rings (SSSR count). The molecule has 1 heterocycles. The number of benzene rings is 3. The van der Waals surface area contributed by atoms with Crippen molar-refractivity contribution in [3.63, 3.8) is 0 Å². The van der Waals surface area contributed by atoms with Crippen LogP contribution in [-0.2, 0) is 19.1 Å². The van der Waals surface area contributed by atoms with E-state index in [-0.39, 0.29) is 44.5 Å². The van der Waals surface area contributed by atoms with E-state index in [1.54, 1.807) is 30.3 Å². The third-order valence-electron chi connectivity index (χ3n) is 6.17. The molecule has 10 heteroatoms. The van der Waals surface area contributed by atoms with E-state index < -0.39 is 29.5 Å². The summed E-state index contributed by atoms with van der Waals surface area (Å²) in [6, 6.07) is 19.9. The van der Waals surface area contributed by atoms with Crippen molar-refractivity contribution < 1.29 is 28.2 Å². The number of carbonyl (C=O) groups excluding carboxylic acids is 3. The Labute approximate surface area is 228 Å². The van der Waals surface area contributed by atoms with Crippen LogP contribution in [0.2, 0.25) is 5.02 Å². The van der Waals surface area contributed by atoms with Gasteiger partial charge in [0.2, 0.25) is 0 Å². The number of ketones is 1. The minimum atomic E-state index is -1.09. The van der Waals surface area contributed by atoms with E-state index in [9.17, 15) is 24.0 Å². The monoisotopic (exact) mass is 545 g/mol. The number of halogens is 2. The molecule has 0 fully saturated rings. The minimum absolute atomic E-state index is 0.0359. The summed E-state index contributed by atoms with van der Waals surface area (Å²) in [4.78, 5) is 41.2. The van der Waals surface area contributed by atoms with Gasteiger partial charge in [0.1, 0.15) is 17.3 Å². The molecular weight excluding hydrogens is 525 g/mol. The number of nitriles is 1. The van der Waals surface area contributed by atoms with Crippen LogP contribution >= 0.6 is 11.6 Å². The molecule has 3 aromatic carbocycles. The van der Waals surface area contributed by atoms with Gasteiger partial charge >= 0.3 is 11.9 Å². The first-order valence-corrected chi connectivity index (χ1v) is 11.9. The van der Waals surface area contributed by atoms with E-state index in [0.717, 1.165) is 25.2 Å². The third-order valence-corrected chi connectivity index (χ3v) is 6.41. The summed E-state index contributed by atoms with van der Waals surface area (Å²) < 4.78 is 24.7. The molecule has 0 bridgehead atoms. The Morgan fingerprint density at radius 1 is 0.949 bits per heavy atom. The molecule has 0 saturated heterocycles. The van der Waals surface area contributed by atoms with Crippen LogP contribution in [0.15, 0.2) is 95.5 Å². The number of hydrogen-bond acceptors (Lipinski definition) is 8. The molecule has 2 N–H and O–H groups in total. The van der Waals surface area contributed by atoms with Crippen molar-refractivity contribution in [2.24, 2.45) is 5.73 Å². The summed E-state index contributed by atoms with van der Waals surface area (Å²) in [6.45, 7) is 0. The fourth-order valence-electron chi connectivity index (χ4n) is 4.44. The standard InChI is InChI=1S/C29H21ClFN3O5/c1-38-28(36)24-23(16-8-4-3-5-9-16)20(15-32)27(33)34(25(24)29(37)39-2)22-13-12-17(30)14-19(22)26(35)18-10-6-7-11-21(18)31/h3-14,23H,33H2,1-2H3. The van der Waals surface area contributed by atoms with Crippen molar-refractivity contribution in [2.75, 3.05) is 19.1 Å². The first-order valence-electron chi connectivity index (χ1n) is 11.5. The number of hydrogen-bond donors (Lipinski definition) is 1. The molecular formula is C29H21ClFN3O5. The number of nitrogens with zero attached hydrogens (tertiary/aromatic N) is 2. The van der Waals surface area contributed by atoms with Gasteiger partial charge in [0, 0.05) is 10.6 Å². The fourth-order valence-corrected chi connectivity index (χ4v) is 4.61. The van der Waals surface area contributed by atoms with Gasteiger partial charge in [0.05, 0.1) is 48.6 Å². The quantitative estimate of drug-likeness (QED) is 0.352. The number of anilines is 1.